The van der Waals surface area contributed by atoms with Crippen molar-refractivity contribution in [2.75, 3.05) is 0 Å². The summed E-state index contributed by atoms with van der Waals surface area (Å²) in [5.41, 5.74) is 4.36. The number of halogens is 2. The highest BCUT2D eigenvalue weighted by Crippen LogP contribution is 2.39. The first-order valence-corrected chi connectivity index (χ1v) is 7.82. The number of amidine groups is 1. The highest BCUT2D eigenvalue weighted by molar-refractivity contribution is 6.31. The Kier molecular flexibility index (Phi) is 3.66. The molecule has 1 aliphatic carbocycles. The lowest BCUT2D eigenvalue weighted by molar-refractivity contribution is 0.235. The van der Waals surface area contributed by atoms with Gasteiger partial charge in [0, 0.05) is 17.7 Å². The van der Waals surface area contributed by atoms with Crippen molar-refractivity contribution in [2.45, 2.75) is 18.8 Å². The maximum Gasteiger partial charge on any atom is 0.178 e. The lowest BCUT2D eigenvalue weighted by Gasteiger charge is -2.06. The van der Waals surface area contributed by atoms with E-state index in [4.69, 9.17) is 11.6 Å². The van der Waals surface area contributed by atoms with Crippen molar-refractivity contribution in [3.05, 3.63) is 52.7 Å². The van der Waals surface area contributed by atoms with Gasteiger partial charge in [0.25, 0.3) is 0 Å². The monoisotopic (exact) mass is 345 g/mol. The number of hydrogen-bond acceptors (Lipinski definition) is 4. The molecule has 0 saturated heterocycles. The Labute approximate surface area is 141 Å². The topological polar surface area (TPSA) is 86.2 Å². The molecule has 1 aromatic carbocycles. The number of benzene rings is 1. The fourth-order valence-corrected chi connectivity index (χ4v) is 2.68. The third-order valence-corrected chi connectivity index (χ3v) is 4.17. The lowest BCUT2D eigenvalue weighted by Crippen LogP contribution is -2.20. The first-order valence-electron chi connectivity index (χ1n) is 7.44. The van der Waals surface area contributed by atoms with Gasteiger partial charge in [0.15, 0.2) is 11.5 Å². The average molecular weight is 346 g/mol. The molecule has 3 aromatic rings. The fraction of sp³-hybridized carbons (Fsp3) is 0.188. The summed E-state index contributed by atoms with van der Waals surface area (Å²) in [6.07, 6.45) is 3.82. The van der Waals surface area contributed by atoms with Crippen LogP contribution in [0.3, 0.4) is 0 Å². The van der Waals surface area contributed by atoms with Crippen LogP contribution in [0.25, 0.3) is 11.2 Å². The Morgan fingerprint density at radius 2 is 2.21 bits per heavy atom. The van der Waals surface area contributed by atoms with Crippen molar-refractivity contribution in [1.82, 2.24) is 20.4 Å². The van der Waals surface area contributed by atoms with E-state index in [1.807, 2.05) is 0 Å². The molecule has 0 aliphatic heterocycles. The van der Waals surface area contributed by atoms with Crippen LogP contribution in [-0.2, 0) is 0 Å². The summed E-state index contributed by atoms with van der Waals surface area (Å²) in [5, 5.41) is 9.47. The van der Waals surface area contributed by atoms with Gasteiger partial charge in [-0.05, 0) is 37.1 Å². The Balaban J connectivity index is 1.80. The van der Waals surface area contributed by atoms with E-state index in [1.54, 1.807) is 12.3 Å². The quantitative estimate of drug-likeness (QED) is 0.384. The molecule has 122 valence electrons. The van der Waals surface area contributed by atoms with Crippen molar-refractivity contribution < 1.29 is 9.60 Å². The van der Waals surface area contributed by atoms with E-state index in [2.05, 4.69) is 25.4 Å². The number of rotatable bonds is 3. The molecule has 0 amide bonds. The van der Waals surface area contributed by atoms with Crippen molar-refractivity contribution in [3.8, 4) is 0 Å². The summed E-state index contributed by atoms with van der Waals surface area (Å²) < 4.78 is 13.3. The second-order valence-electron chi connectivity index (χ2n) is 5.62. The van der Waals surface area contributed by atoms with Gasteiger partial charge < -0.3 is 4.98 Å². The molecule has 1 saturated carbocycles. The largest absolute Gasteiger partial charge is 0.340 e. The normalized spacial score (nSPS) is 15.0. The standard InChI is InChI=1S/C16H13ClFN5O/c17-11-7-9(3-4-12(11)18)20-15(23-24)10-5-6-19-16-13(10)21-14(22-16)8-1-2-8/h3-8,24H,1-2H2,(H,20,23)(H,19,21,22). The highest BCUT2D eigenvalue weighted by atomic mass is 35.5. The summed E-state index contributed by atoms with van der Waals surface area (Å²) >= 11 is 5.77. The van der Waals surface area contributed by atoms with E-state index >= 15 is 0 Å². The predicted molar refractivity (Wildman–Crippen MR) is 88.4 cm³/mol. The van der Waals surface area contributed by atoms with E-state index in [9.17, 15) is 9.60 Å². The van der Waals surface area contributed by atoms with Crippen LogP contribution >= 0.6 is 11.6 Å². The van der Waals surface area contributed by atoms with Gasteiger partial charge >= 0.3 is 0 Å². The molecule has 6 nitrogen and oxygen atoms in total. The Morgan fingerprint density at radius 3 is 2.92 bits per heavy atom. The van der Waals surface area contributed by atoms with Gasteiger partial charge in [-0.1, -0.05) is 11.6 Å². The highest BCUT2D eigenvalue weighted by Gasteiger charge is 2.27. The van der Waals surface area contributed by atoms with Gasteiger partial charge in [0.05, 0.1) is 16.2 Å². The minimum absolute atomic E-state index is 0.0361. The molecule has 24 heavy (non-hydrogen) atoms. The number of fused-ring (bicyclic) bond motifs is 1. The van der Waals surface area contributed by atoms with Crippen LogP contribution in [0.15, 0.2) is 35.5 Å². The van der Waals surface area contributed by atoms with Crippen molar-refractivity contribution in [3.63, 3.8) is 0 Å². The lowest BCUT2D eigenvalue weighted by atomic mass is 10.2. The van der Waals surface area contributed by atoms with Crippen LogP contribution in [0.2, 0.25) is 5.02 Å². The minimum atomic E-state index is -0.525. The summed E-state index contributed by atoms with van der Waals surface area (Å²) in [4.78, 5) is 16.3. The van der Waals surface area contributed by atoms with E-state index < -0.39 is 5.82 Å². The van der Waals surface area contributed by atoms with Gasteiger partial charge in [-0.15, -0.1) is 0 Å². The third-order valence-electron chi connectivity index (χ3n) is 3.88. The van der Waals surface area contributed by atoms with Gasteiger partial charge in [-0.3, -0.25) is 10.7 Å². The molecule has 1 aliphatic rings. The predicted octanol–water partition coefficient (Wildman–Crippen LogP) is 3.68. The fourth-order valence-electron chi connectivity index (χ4n) is 2.51. The van der Waals surface area contributed by atoms with Crippen LogP contribution in [0.4, 0.5) is 10.1 Å². The average Bonchev–Trinajstić information content (AvgIpc) is 3.34. The number of hydroxylamine groups is 1. The summed E-state index contributed by atoms with van der Waals surface area (Å²) in [7, 11) is 0. The number of aliphatic imine (C=N–C) groups is 1. The molecule has 2 aromatic heterocycles. The minimum Gasteiger partial charge on any atom is -0.340 e. The number of aromatic amines is 1. The Bertz CT molecular complexity index is 951. The molecule has 4 rings (SSSR count). The van der Waals surface area contributed by atoms with E-state index in [0.717, 1.165) is 18.7 Å². The zero-order valence-corrected chi connectivity index (χ0v) is 13.2. The zero-order chi connectivity index (χ0) is 16.7. The smallest absolute Gasteiger partial charge is 0.178 e. The van der Waals surface area contributed by atoms with Crippen LogP contribution in [-0.4, -0.2) is 26.0 Å². The number of nitrogens with one attached hydrogen (secondary N) is 2. The van der Waals surface area contributed by atoms with Gasteiger partial charge in [0.1, 0.15) is 11.6 Å². The molecule has 0 bridgehead atoms. The molecule has 0 radical (unpaired) electrons. The van der Waals surface area contributed by atoms with Crippen LogP contribution in [0.5, 0.6) is 0 Å². The van der Waals surface area contributed by atoms with Crippen molar-refractivity contribution >= 4 is 34.3 Å². The maximum atomic E-state index is 13.3. The number of aromatic nitrogens is 3. The first kappa shape index (κ1) is 15.0. The van der Waals surface area contributed by atoms with Crippen molar-refractivity contribution in [2.24, 2.45) is 4.99 Å². The molecule has 1 fully saturated rings. The molecule has 2 heterocycles. The molecule has 0 unspecified atom stereocenters. The van der Waals surface area contributed by atoms with Crippen LogP contribution in [0, 0.1) is 5.82 Å². The number of hydrogen-bond donors (Lipinski definition) is 3. The first-order chi connectivity index (χ1) is 11.7. The zero-order valence-electron chi connectivity index (χ0n) is 12.4. The second-order valence-corrected chi connectivity index (χ2v) is 6.03. The Hall–Kier alpha value is -2.51. The van der Waals surface area contributed by atoms with E-state index in [1.165, 1.54) is 18.2 Å². The second kappa shape index (κ2) is 5.85. The summed E-state index contributed by atoms with van der Waals surface area (Å²) in [6, 6.07) is 5.79. The van der Waals surface area contributed by atoms with Gasteiger partial charge in [0.2, 0.25) is 0 Å². The van der Waals surface area contributed by atoms with Crippen molar-refractivity contribution in [1.29, 1.82) is 0 Å². The molecule has 0 spiro atoms. The molecular weight excluding hydrogens is 333 g/mol. The Morgan fingerprint density at radius 1 is 1.38 bits per heavy atom. The van der Waals surface area contributed by atoms with Gasteiger partial charge in [-0.25, -0.2) is 19.4 Å². The summed E-state index contributed by atoms with van der Waals surface area (Å²) in [6.45, 7) is 0. The molecule has 0 atom stereocenters. The number of H-pyrrole nitrogens is 1. The van der Waals surface area contributed by atoms with Gasteiger partial charge in [-0.2, -0.15) is 0 Å². The third kappa shape index (κ3) is 2.72. The molecule has 3 N–H and O–H groups in total. The maximum absolute atomic E-state index is 13.3. The number of nitrogens with zero attached hydrogens (tertiary/aromatic N) is 3. The van der Waals surface area contributed by atoms with Crippen LogP contribution in [0.1, 0.15) is 30.1 Å². The SMILES string of the molecule is ONC(=Nc1ccc(F)c(Cl)c1)c1ccnc2nc(C3CC3)[nH]c12. The van der Waals surface area contributed by atoms with E-state index in [-0.39, 0.29) is 10.9 Å². The number of pyridine rings is 1. The van der Waals surface area contributed by atoms with Crippen LogP contribution < -0.4 is 5.48 Å². The molecular formula is C16H13ClFN5O. The van der Waals surface area contributed by atoms with E-state index in [0.29, 0.717) is 28.3 Å². The number of imidazole rings is 1. The molecule has 8 heteroatoms. The summed E-state index contributed by atoms with van der Waals surface area (Å²) in [5.74, 6) is 1.01.